The van der Waals surface area contributed by atoms with Crippen molar-refractivity contribution in [2.45, 2.75) is 26.2 Å². The van der Waals surface area contributed by atoms with Crippen LogP contribution < -0.4 is 15.4 Å². The molecule has 1 aromatic carbocycles. The summed E-state index contributed by atoms with van der Waals surface area (Å²) in [5.41, 5.74) is 1.89. The molecule has 0 bridgehead atoms. The van der Waals surface area contributed by atoms with Crippen LogP contribution in [0.1, 0.15) is 36.7 Å². The number of rotatable bonds is 8. The molecule has 24 heavy (non-hydrogen) atoms. The average molecular weight is 348 g/mol. The second kappa shape index (κ2) is 9.13. The minimum Gasteiger partial charge on any atom is -0.495 e. The van der Waals surface area contributed by atoms with Crippen molar-refractivity contribution < 1.29 is 9.53 Å². The van der Waals surface area contributed by atoms with Crippen LogP contribution >= 0.6 is 11.6 Å². The van der Waals surface area contributed by atoms with Gasteiger partial charge in [-0.2, -0.15) is 0 Å². The van der Waals surface area contributed by atoms with Crippen LogP contribution in [0.3, 0.4) is 0 Å². The van der Waals surface area contributed by atoms with Gasteiger partial charge in [-0.05, 0) is 36.8 Å². The highest BCUT2D eigenvalue weighted by atomic mass is 35.5. The molecule has 0 spiro atoms. The summed E-state index contributed by atoms with van der Waals surface area (Å²) in [6.45, 7) is 2.80. The fourth-order valence-electron chi connectivity index (χ4n) is 2.20. The Bertz CT molecular complexity index is 674. The summed E-state index contributed by atoms with van der Waals surface area (Å²) in [7, 11) is 1.60. The van der Waals surface area contributed by atoms with Crippen molar-refractivity contribution in [3.63, 3.8) is 0 Å². The molecule has 0 saturated carbocycles. The molecule has 0 aliphatic rings. The van der Waals surface area contributed by atoms with Crippen molar-refractivity contribution in [3.8, 4) is 5.75 Å². The van der Waals surface area contributed by atoms with E-state index in [1.165, 1.54) is 0 Å². The Labute approximate surface area is 147 Å². The number of hydrogen-bond acceptors (Lipinski definition) is 4. The van der Waals surface area contributed by atoms with Crippen molar-refractivity contribution in [3.05, 3.63) is 47.2 Å². The summed E-state index contributed by atoms with van der Waals surface area (Å²) in [6.07, 6.45) is 4.83. The minimum absolute atomic E-state index is 0.155. The summed E-state index contributed by atoms with van der Waals surface area (Å²) >= 11 is 6.01. The molecule has 6 heteroatoms. The van der Waals surface area contributed by atoms with Gasteiger partial charge in [0.05, 0.1) is 24.7 Å². The van der Waals surface area contributed by atoms with Crippen molar-refractivity contribution in [1.82, 2.24) is 10.3 Å². The molecule has 0 atom stereocenters. The van der Waals surface area contributed by atoms with Gasteiger partial charge >= 0.3 is 0 Å². The maximum Gasteiger partial charge on any atom is 0.269 e. The van der Waals surface area contributed by atoms with Crippen LogP contribution in [0.15, 0.2) is 36.5 Å². The number of amides is 1. The number of benzene rings is 1. The predicted octanol–water partition coefficient (Wildman–Crippen LogP) is 4.41. The van der Waals surface area contributed by atoms with Crippen LogP contribution in [-0.4, -0.2) is 24.5 Å². The zero-order chi connectivity index (χ0) is 17.4. The van der Waals surface area contributed by atoms with Gasteiger partial charge in [0.1, 0.15) is 11.4 Å². The van der Waals surface area contributed by atoms with E-state index < -0.39 is 0 Å². The highest BCUT2D eigenvalue weighted by Gasteiger charge is 2.08. The highest BCUT2D eigenvalue weighted by molar-refractivity contribution is 6.31. The van der Waals surface area contributed by atoms with E-state index >= 15 is 0 Å². The van der Waals surface area contributed by atoms with E-state index in [9.17, 15) is 4.79 Å². The number of halogens is 1. The van der Waals surface area contributed by atoms with E-state index in [1.807, 2.05) is 0 Å². The van der Waals surface area contributed by atoms with Crippen molar-refractivity contribution >= 4 is 28.9 Å². The van der Waals surface area contributed by atoms with Crippen LogP contribution in [0, 0.1) is 0 Å². The summed E-state index contributed by atoms with van der Waals surface area (Å²) in [6, 6.07) is 8.81. The first kappa shape index (κ1) is 18.1. The molecule has 5 nitrogen and oxygen atoms in total. The number of nitrogens with one attached hydrogen (secondary N) is 2. The van der Waals surface area contributed by atoms with E-state index in [2.05, 4.69) is 22.5 Å². The third kappa shape index (κ3) is 5.13. The predicted molar refractivity (Wildman–Crippen MR) is 97.4 cm³/mol. The van der Waals surface area contributed by atoms with Crippen molar-refractivity contribution in [2.75, 3.05) is 19.0 Å². The van der Waals surface area contributed by atoms with E-state index in [0.29, 0.717) is 23.0 Å². The molecule has 0 fully saturated rings. The second-order valence-corrected chi connectivity index (χ2v) is 5.80. The Balaban J connectivity index is 1.99. The lowest BCUT2D eigenvalue weighted by atomic mass is 10.2. The van der Waals surface area contributed by atoms with Crippen LogP contribution in [-0.2, 0) is 0 Å². The molecule has 0 radical (unpaired) electrons. The van der Waals surface area contributed by atoms with Gasteiger partial charge in [-0.3, -0.25) is 4.79 Å². The van der Waals surface area contributed by atoms with Gasteiger partial charge in [0.15, 0.2) is 0 Å². The zero-order valence-electron chi connectivity index (χ0n) is 13.9. The van der Waals surface area contributed by atoms with Gasteiger partial charge in [0.2, 0.25) is 0 Å². The van der Waals surface area contributed by atoms with Gasteiger partial charge in [-0.1, -0.05) is 31.4 Å². The molecular weight excluding hydrogens is 326 g/mol. The number of ether oxygens (including phenoxy) is 1. The number of aromatic nitrogens is 1. The van der Waals surface area contributed by atoms with E-state index in [-0.39, 0.29) is 5.91 Å². The second-order valence-electron chi connectivity index (χ2n) is 5.36. The quantitative estimate of drug-likeness (QED) is 0.694. The molecule has 1 amide bonds. The SMILES string of the molecule is CCCCCNC(=O)c1ccc(Nc2cc(Cl)ccc2OC)cn1. The Kier molecular flexibility index (Phi) is 6.88. The average Bonchev–Trinajstić information content (AvgIpc) is 2.59. The standard InChI is InChI=1S/C18H22ClN3O2/c1-3-4-5-10-20-18(23)15-8-7-14(12-21-15)22-16-11-13(19)6-9-17(16)24-2/h6-9,11-12,22H,3-5,10H2,1-2H3,(H,20,23). The van der Waals surface area contributed by atoms with Crippen LogP contribution in [0.2, 0.25) is 5.02 Å². The molecular formula is C18H22ClN3O2. The normalized spacial score (nSPS) is 10.3. The van der Waals surface area contributed by atoms with Gasteiger partial charge in [0, 0.05) is 11.6 Å². The first-order valence-electron chi connectivity index (χ1n) is 7.99. The topological polar surface area (TPSA) is 63.2 Å². The minimum atomic E-state index is -0.155. The first-order chi connectivity index (χ1) is 11.6. The summed E-state index contributed by atoms with van der Waals surface area (Å²) in [5, 5.41) is 6.66. The third-order valence-electron chi connectivity index (χ3n) is 3.50. The molecule has 2 aromatic rings. The van der Waals surface area contributed by atoms with E-state index in [1.54, 1.807) is 43.6 Å². The third-order valence-corrected chi connectivity index (χ3v) is 3.74. The van der Waals surface area contributed by atoms with Gasteiger partial charge in [0.25, 0.3) is 5.91 Å². The summed E-state index contributed by atoms with van der Waals surface area (Å²) in [5.74, 6) is 0.523. The molecule has 128 valence electrons. The Morgan fingerprint density at radius 1 is 1.25 bits per heavy atom. The molecule has 0 unspecified atom stereocenters. The fraction of sp³-hybridized carbons (Fsp3) is 0.333. The summed E-state index contributed by atoms with van der Waals surface area (Å²) in [4.78, 5) is 16.2. The monoisotopic (exact) mass is 347 g/mol. The van der Waals surface area contributed by atoms with Crippen molar-refractivity contribution in [1.29, 1.82) is 0 Å². The maximum atomic E-state index is 12.0. The number of anilines is 2. The van der Waals surface area contributed by atoms with Crippen LogP contribution in [0.4, 0.5) is 11.4 Å². The fourth-order valence-corrected chi connectivity index (χ4v) is 2.38. The smallest absolute Gasteiger partial charge is 0.269 e. The van der Waals surface area contributed by atoms with E-state index in [4.69, 9.17) is 16.3 Å². The number of unbranched alkanes of at least 4 members (excludes halogenated alkanes) is 2. The largest absolute Gasteiger partial charge is 0.495 e. The molecule has 0 saturated heterocycles. The maximum absolute atomic E-state index is 12.0. The van der Waals surface area contributed by atoms with Crippen LogP contribution in [0.25, 0.3) is 0 Å². The number of hydrogen-bond donors (Lipinski definition) is 2. The number of nitrogens with zero attached hydrogens (tertiary/aromatic N) is 1. The highest BCUT2D eigenvalue weighted by Crippen LogP contribution is 2.30. The van der Waals surface area contributed by atoms with Crippen LogP contribution in [0.5, 0.6) is 5.75 Å². The molecule has 2 N–H and O–H groups in total. The number of pyridine rings is 1. The lowest BCUT2D eigenvalue weighted by molar-refractivity contribution is 0.0948. The lowest BCUT2D eigenvalue weighted by Gasteiger charge is -2.11. The Morgan fingerprint density at radius 2 is 2.08 bits per heavy atom. The van der Waals surface area contributed by atoms with Gasteiger partial charge in [-0.15, -0.1) is 0 Å². The molecule has 0 aliphatic carbocycles. The van der Waals surface area contributed by atoms with Gasteiger partial charge < -0.3 is 15.4 Å². The van der Waals surface area contributed by atoms with Gasteiger partial charge in [-0.25, -0.2) is 4.98 Å². The zero-order valence-corrected chi connectivity index (χ0v) is 14.7. The first-order valence-corrected chi connectivity index (χ1v) is 8.36. The number of carbonyl (C=O) groups is 1. The number of carbonyl (C=O) groups excluding carboxylic acids is 1. The molecule has 2 rings (SSSR count). The lowest BCUT2D eigenvalue weighted by Crippen LogP contribution is -2.25. The molecule has 0 aliphatic heterocycles. The Hall–Kier alpha value is -2.27. The molecule has 1 heterocycles. The summed E-state index contributed by atoms with van der Waals surface area (Å²) < 4.78 is 5.29. The molecule has 1 aromatic heterocycles. The van der Waals surface area contributed by atoms with E-state index in [0.717, 1.165) is 30.6 Å². The number of methoxy groups -OCH3 is 1. The Morgan fingerprint density at radius 3 is 2.75 bits per heavy atom. The van der Waals surface area contributed by atoms with Crippen molar-refractivity contribution in [2.24, 2.45) is 0 Å².